The maximum Gasteiger partial charge on any atom is 0.287 e. The summed E-state index contributed by atoms with van der Waals surface area (Å²) >= 11 is 0. The van der Waals surface area contributed by atoms with E-state index in [1.54, 1.807) is 48.5 Å². The average Bonchev–Trinajstić information content (AvgIpc) is 3.28. The summed E-state index contributed by atoms with van der Waals surface area (Å²) in [5, 5.41) is 6.64. The van der Waals surface area contributed by atoms with Gasteiger partial charge >= 0.3 is 0 Å². The Morgan fingerprint density at radius 1 is 0.839 bits per heavy atom. The van der Waals surface area contributed by atoms with Gasteiger partial charge in [0, 0.05) is 5.56 Å². The van der Waals surface area contributed by atoms with Gasteiger partial charge in [0.1, 0.15) is 5.70 Å². The molecule has 7 nitrogen and oxygen atoms in total. The lowest BCUT2D eigenvalue weighted by Gasteiger charge is -2.09. The molecule has 0 saturated carbocycles. The van der Waals surface area contributed by atoms with Crippen LogP contribution in [0, 0.1) is 0 Å². The van der Waals surface area contributed by atoms with Gasteiger partial charge < -0.3 is 14.8 Å². The van der Waals surface area contributed by atoms with Crippen LogP contribution in [0.15, 0.2) is 89.7 Å². The van der Waals surface area contributed by atoms with E-state index in [9.17, 15) is 9.59 Å². The van der Waals surface area contributed by atoms with Crippen molar-refractivity contribution in [3.63, 3.8) is 0 Å². The van der Waals surface area contributed by atoms with E-state index < -0.39 is 11.8 Å². The zero-order valence-electron chi connectivity index (χ0n) is 16.4. The number of nitrogens with one attached hydrogen (secondary N) is 2. The van der Waals surface area contributed by atoms with Gasteiger partial charge in [-0.1, -0.05) is 54.6 Å². The SMILES string of the molecule is O=C(NN=Cc1ccccc1)C(=Cc1ccc2c(c1)OCO2)NC(=O)c1ccccc1. The standard InChI is InChI=1S/C24H19N3O4/c28-23(19-9-5-2-6-10-19)26-20(13-18-11-12-21-22(14-18)31-16-30-21)24(29)27-25-15-17-7-3-1-4-8-17/h1-15H,16H2,(H,26,28)(H,27,29). The molecule has 0 aromatic heterocycles. The van der Waals surface area contributed by atoms with Crippen molar-refractivity contribution in [2.24, 2.45) is 5.10 Å². The Morgan fingerprint density at radius 2 is 1.55 bits per heavy atom. The van der Waals surface area contributed by atoms with Crippen LogP contribution >= 0.6 is 0 Å². The van der Waals surface area contributed by atoms with Gasteiger partial charge in [-0.3, -0.25) is 9.59 Å². The molecule has 3 aromatic rings. The van der Waals surface area contributed by atoms with Crippen molar-refractivity contribution in [1.82, 2.24) is 10.7 Å². The predicted octanol–water partition coefficient (Wildman–Crippen LogP) is 3.34. The lowest BCUT2D eigenvalue weighted by atomic mass is 10.1. The third-order valence-electron chi connectivity index (χ3n) is 4.42. The molecule has 0 fully saturated rings. The van der Waals surface area contributed by atoms with Crippen LogP contribution in [-0.4, -0.2) is 24.8 Å². The van der Waals surface area contributed by atoms with Crippen molar-refractivity contribution in [2.45, 2.75) is 0 Å². The zero-order chi connectivity index (χ0) is 21.5. The quantitative estimate of drug-likeness (QED) is 0.369. The van der Waals surface area contributed by atoms with E-state index in [-0.39, 0.29) is 12.5 Å². The summed E-state index contributed by atoms with van der Waals surface area (Å²) < 4.78 is 10.7. The lowest BCUT2D eigenvalue weighted by Crippen LogP contribution is -2.32. The molecule has 31 heavy (non-hydrogen) atoms. The number of hydrazone groups is 1. The molecule has 1 aliphatic heterocycles. The fourth-order valence-electron chi connectivity index (χ4n) is 2.88. The van der Waals surface area contributed by atoms with Crippen molar-refractivity contribution in [3.8, 4) is 11.5 Å². The van der Waals surface area contributed by atoms with E-state index in [1.807, 2.05) is 36.4 Å². The summed E-state index contributed by atoms with van der Waals surface area (Å²) in [5.41, 5.74) is 4.42. The Bertz CT molecular complexity index is 1140. The first kappa shape index (κ1) is 19.9. The van der Waals surface area contributed by atoms with Crippen LogP contribution in [0.4, 0.5) is 0 Å². The van der Waals surface area contributed by atoms with Crippen LogP contribution in [0.25, 0.3) is 6.08 Å². The van der Waals surface area contributed by atoms with Gasteiger partial charge in [0.15, 0.2) is 11.5 Å². The second-order valence-electron chi connectivity index (χ2n) is 6.60. The zero-order valence-corrected chi connectivity index (χ0v) is 16.4. The summed E-state index contributed by atoms with van der Waals surface area (Å²) in [6.45, 7) is 0.148. The minimum Gasteiger partial charge on any atom is -0.454 e. The highest BCUT2D eigenvalue weighted by Gasteiger charge is 2.16. The highest BCUT2D eigenvalue weighted by molar-refractivity contribution is 6.05. The number of ether oxygens (including phenoxy) is 2. The predicted molar refractivity (Wildman–Crippen MR) is 117 cm³/mol. The summed E-state index contributed by atoms with van der Waals surface area (Å²) in [4.78, 5) is 25.4. The maximum atomic E-state index is 12.8. The summed E-state index contributed by atoms with van der Waals surface area (Å²) in [5.74, 6) is 0.234. The lowest BCUT2D eigenvalue weighted by molar-refractivity contribution is -0.117. The molecule has 0 radical (unpaired) electrons. The number of carbonyl (C=O) groups is 2. The Labute approximate surface area is 179 Å². The number of rotatable bonds is 6. The van der Waals surface area contributed by atoms with E-state index >= 15 is 0 Å². The number of benzene rings is 3. The highest BCUT2D eigenvalue weighted by Crippen LogP contribution is 2.33. The van der Waals surface area contributed by atoms with E-state index in [4.69, 9.17) is 9.47 Å². The first-order valence-electron chi connectivity index (χ1n) is 9.55. The second-order valence-corrected chi connectivity index (χ2v) is 6.60. The van der Waals surface area contributed by atoms with Crippen molar-refractivity contribution in [2.75, 3.05) is 6.79 Å². The largest absolute Gasteiger partial charge is 0.454 e. The third-order valence-corrected chi connectivity index (χ3v) is 4.42. The minimum atomic E-state index is -0.561. The van der Waals surface area contributed by atoms with Gasteiger partial charge in [-0.15, -0.1) is 0 Å². The van der Waals surface area contributed by atoms with Crippen molar-refractivity contribution in [3.05, 3.63) is 101 Å². The molecule has 0 saturated heterocycles. The molecule has 0 aliphatic carbocycles. The van der Waals surface area contributed by atoms with E-state index in [0.717, 1.165) is 5.56 Å². The minimum absolute atomic E-state index is 0.0398. The van der Waals surface area contributed by atoms with Gasteiger partial charge in [0.25, 0.3) is 11.8 Å². The summed E-state index contributed by atoms with van der Waals surface area (Å²) in [6, 6.07) is 23.2. The van der Waals surface area contributed by atoms with Gasteiger partial charge in [0.2, 0.25) is 6.79 Å². The molecule has 1 heterocycles. The van der Waals surface area contributed by atoms with Crippen LogP contribution in [0.1, 0.15) is 21.5 Å². The molecule has 4 rings (SSSR count). The molecule has 0 unspecified atom stereocenters. The Morgan fingerprint density at radius 3 is 2.32 bits per heavy atom. The van der Waals surface area contributed by atoms with Crippen molar-refractivity contribution < 1.29 is 19.1 Å². The number of hydrogen-bond acceptors (Lipinski definition) is 5. The summed E-state index contributed by atoms with van der Waals surface area (Å²) in [6.07, 6.45) is 3.07. The molecule has 7 heteroatoms. The highest BCUT2D eigenvalue weighted by atomic mass is 16.7. The molecule has 0 atom stereocenters. The topological polar surface area (TPSA) is 89.0 Å². The fourth-order valence-corrected chi connectivity index (χ4v) is 2.88. The first-order chi connectivity index (χ1) is 15.2. The van der Waals surface area contributed by atoms with E-state index in [0.29, 0.717) is 22.6 Å². The van der Waals surface area contributed by atoms with Crippen molar-refractivity contribution >= 4 is 24.1 Å². The molecule has 0 spiro atoms. The smallest absolute Gasteiger partial charge is 0.287 e. The molecule has 2 amide bonds. The molecule has 0 bridgehead atoms. The van der Waals surface area contributed by atoms with Crippen LogP contribution in [0.5, 0.6) is 11.5 Å². The Kier molecular flexibility index (Phi) is 6.04. The molecular formula is C24H19N3O4. The average molecular weight is 413 g/mol. The summed E-state index contributed by atoms with van der Waals surface area (Å²) in [7, 11) is 0. The van der Waals surface area contributed by atoms with Gasteiger partial charge in [-0.25, -0.2) is 5.43 Å². The van der Waals surface area contributed by atoms with Crippen LogP contribution in [0.3, 0.4) is 0 Å². The van der Waals surface area contributed by atoms with Crippen LogP contribution in [0.2, 0.25) is 0 Å². The van der Waals surface area contributed by atoms with Crippen LogP contribution < -0.4 is 20.2 Å². The molecular weight excluding hydrogens is 394 g/mol. The number of amides is 2. The maximum absolute atomic E-state index is 12.8. The molecule has 2 N–H and O–H groups in total. The number of nitrogens with zero attached hydrogens (tertiary/aromatic N) is 1. The normalized spacial score (nSPS) is 12.6. The number of hydrogen-bond donors (Lipinski definition) is 2. The van der Waals surface area contributed by atoms with Crippen molar-refractivity contribution in [1.29, 1.82) is 0 Å². The van der Waals surface area contributed by atoms with Crippen LogP contribution in [-0.2, 0) is 4.79 Å². The fraction of sp³-hybridized carbons (Fsp3) is 0.0417. The Balaban J connectivity index is 1.56. The van der Waals surface area contributed by atoms with E-state index in [2.05, 4.69) is 15.8 Å². The molecule has 1 aliphatic rings. The monoisotopic (exact) mass is 413 g/mol. The number of carbonyl (C=O) groups excluding carboxylic acids is 2. The number of fused-ring (bicyclic) bond motifs is 1. The molecule has 3 aromatic carbocycles. The van der Waals surface area contributed by atoms with Gasteiger partial charge in [-0.2, -0.15) is 5.10 Å². The van der Waals surface area contributed by atoms with Gasteiger partial charge in [-0.05, 0) is 41.5 Å². The third kappa shape index (κ3) is 5.16. The molecule has 154 valence electrons. The van der Waals surface area contributed by atoms with Gasteiger partial charge in [0.05, 0.1) is 6.21 Å². The second kappa shape index (κ2) is 9.41. The van der Waals surface area contributed by atoms with E-state index in [1.165, 1.54) is 6.21 Å². The first-order valence-corrected chi connectivity index (χ1v) is 9.55. The Hall–Kier alpha value is -4.39.